The van der Waals surface area contributed by atoms with Gasteiger partial charge in [0.15, 0.2) is 5.78 Å². The van der Waals surface area contributed by atoms with Crippen LogP contribution in [0.1, 0.15) is 33.5 Å². The van der Waals surface area contributed by atoms with Crippen molar-refractivity contribution in [1.82, 2.24) is 0 Å². The van der Waals surface area contributed by atoms with E-state index in [1.54, 1.807) is 0 Å². The largest absolute Gasteiger partial charge is 0.468 e. The number of carbonyl (C=O) groups is 2. The van der Waals surface area contributed by atoms with Gasteiger partial charge in [-0.2, -0.15) is 0 Å². The van der Waals surface area contributed by atoms with Gasteiger partial charge in [0.1, 0.15) is 5.92 Å². The highest BCUT2D eigenvalue weighted by molar-refractivity contribution is 6.11. The van der Waals surface area contributed by atoms with E-state index in [1.807, 2.05) is 26.0 Å². The third-order valence-electron chi connectivity index (χ3n) is 3.49. The number of carbonyl (C=O) groups excluding carboxylic acids is 2. The van der Waals surface area contributed by atoms with Crippen LogP contribution in [0.25, 0.3) is 0 Å². The number of aryl methyl sites for hydroxylation is 2. The van der Waals surface area contributed by atoms with Crippen molar-refractivity contribution in [3.05, 3.63) is 34.4 Å². The summed E-state index contributed by atoms with van der Waals surface area (Å²) in [6.45, 7) is 3.92. The predicted molar refractivity (Wildman–Crippen MR) is 64.1 cm³/mol. The van der Waals surface area contributed by atoms with Crippen molar-refractivity contribution < 1.29 is 14.3 Å². The van der Waals surface area contributed by atoms with Crippen LogP contribution in [0, 0.1) is 19.8 Å². The number of methoxy groups -OCH3 is 1. The highest BCUT2D eigenvalue weighted by Gasteiger charge is 2.34. The molecule has 0 N–H and O–H groups in total. The molecule has 0 saturated carbocycles. The van der Waals surface area contributed by atoms with Gasteiger partial charge in [-0.1, -0.05) is 12.1 Å². The van der Waals surface area contributed by atoms with Crippen molar-refractivity contribution in [3.8, 4) is 0 Å². The molecular weight excluding hydrogens is 216 g/mol. The molecule has 0 amide bonds. The van der Waals surface area contributed by atoms with E-state index in [0.29, 0.717) is 6.42 Å². The fourth-order valence-electron chi connectivity index (χ4n) is 2.50. The lowest BCUT2D eigenvalue weighted by Gasteiger charge is -2.24. The second kappa shape index (κ2) is 4.32. The average molecular weight is 232 g/mol. The zero-order valence-electron chi connectivity index (χ0n) is 10.4. The highest BCUT2D eigenvalue weighted by Crippen LogP contribution is 2.30. The molecule has 0 saturated heterocycles. The van der Waals surface area contributed by atoms with Crippen molar-refractivity contribution in [1.29, 1.82) is 0 Å². The first-order chi connectivity index (χ1) is 8.06. The van der Waals surface area contributed by atoms with Crippen LogP contribution in [0.15, 0.2) is 12.1 Å². The zero-order valence-corrected chi connectivity index (χ0v) is 10.4. The number of Topliss-reactive ketones (excluding diaryl/α,β-unsaturated/α-hetero) is 1. The summed E-state index contributed by atoms with van der Waals surface area (Å²) in [7, 11) is 1.33. The highest BCUT2D eigenvalue weighted by atomic mass is 16.5. The second-order valence-electron chi connectivity index (χ2n) is 4.53. The summed E-state index contributed by atoms with van der Waals surface area (Å²) in [5.74, 6) is -1.12. The van der Waals surface area contributed by atoms with E-state index >= 15 is 0 Å². The van der Waals surface area contributed by atoms with Crippen molar-refractivity contribution in [2.75, 3.05) is 7.11 Å². The molecule has 17 heavy (non-hydrogen) atoms. The third kappa shape index (κ3) is 1.86. The average Bonchev–Trinajstić information content (AvgIpc) is 2.33. The van der Waals surface area contributed by atoms with Crippen molar-refractivity contribution in [2.45, 2.75) is 26.7 Å². The Bertz CT molecular complexity index is 488. The molecular formula is C14H16O3. The maximum Gasteiger partial charge on any atom is 0.316 e. The first-order valence-corrected chi connectivity index (χ1v) is 5.77. The number of hydrogen-bond donors (Lipinski definition) is 0. The minimum atomic E-state index is -0.618. The summed E-state index contributed by atoms with van der Waals surface area (Å²) in [6.07, 6.45) is 1.33. The first-order valence-electron chi connectivity index (χ1n) is 5.77. The standard InChI is InChI=1S/C14H16O3/c1-8-4-5-9(2)12-10(8)6-7-11(13(12)15)14(16)17-3/h4-5,11H,6-7H2,1-3H3. The third-order valence-corrected chi connectivity index (χ3v) is 3.49. The maximum atomic E-state index is 12.3. The molecule has 0 bridgehead atoms. The number of benzene rings is 1. The monoisotopic (exact) mass is 232 g/mol. The summed E-state index contributed by atoms with van der Waals surface area (Å²) < 4.78 is 4.69. The summed E-state index contributed by atoms with van der Waals surface area (Å²) in [5, 5.41) is 0. The summed E-state index contributed by atoms with van der Waals surface area (Å²) >= 11 is 0. The molecule has 0 spiro atoms. The van der Waals surface area contributed by atoms with Crippen LogP contribution in [0.2, 0.25) is 0 Å². The Balaban J connectivity index is 2.49. The number of fused-ring (bicyclic) bond motifs is 1. The van der Waals surface area contributed by atoms with Gasteiger partial charge in [0.05, 0.1) is 7.11 Å². The van der Waals surface area contributed by atoms with E-state index in [-0.39, 0.29) is 5.78 Å². The predicted octanol–water partition coefficient (Wildman–Crippen LogP) is 2.22. The molecule has 1 unspecified atom stereocenters. The molecule has 0 radical (unpaired) electrons. The number of ketones is 1. The van der Waals surface area contributed by atoms with Crippen LogP contribution in [-0.4, -0.2) is 18.9 Å². The van der Waals surface area contributed by atoms with Gasteiger partial charge in [-0.25, -0.2) is 0 Å². The summed E-state index contributed by atoms with van der Waals surface area (Å²) in [6, 6.07) is 3.96. The van der Waals surface area contributed by atoms with Gasteiger partial charge in [0, 0.05) is 5.56 Å². The molecule has 90 valence electrons. The van der Waals surface area contributed by atoms with E-state index in [2.05, 4.69) is 4.74 Å². The lowest BCUT2D eigenvalue weighted by atomic mass is 9.79. The summed E-state index contributed by atoms with van der Waals surface area (Å²) in [4.78, 5) is 23.8. The molecule has 0 heterocycles. The molecule has 1 aliphatic rings. The molecule has 0 fully saturated rings. The fraction of sp³-hybridized carbons (Fsp3) is 0.429. The van der Waals surface area contributed by atoms with E-state index in [1.165, 1.54) is 7.11 Å². The Morgan fingerprint density at radius 2 is 1.94 bits per heavy atom. The van der Waals surface area contributed by atoms with Crippen LogP contribution < -0.4 is 0 Å². The number of hydrogen-bond acceptors (Lipinski definition) is 3. The van der Waals surface area contributed by atoms with E-state index in [4.69, 9.17) is 0 Å². The lowest BCUT2D eigenvalue weighted by molar-refractivity contribution is -0.143. The quantitative estimate of drug-likeness (QED) is 0.551. The van der Waals surface area contributed by atoms with Gasteiger partial charge in [-0.3, -0.25) is 9.59 Å². The lowest BCUT2D eigenvalue weighted by Crippen LogP contribution is -2.31. The molecule has 1 aliphatic carbocycles. The minimum Gasteiger partial charge on any atom is -0.468 e. The van der Waals surface area contributed by atoms with Crippen LogP contribution in [0.5, 0.6) is 0 Å². The molecule has 3 heteroatoms. The summed E-state index contributed by atoms with van der Waals surface area (Å²) in [5.41, 5.74) is 3.90. The van der Waals surface area contributed by atoms with E-state index < -0.39 is 11.9 Å². The van der Waals surface area contributed by atoms with Crippen LogP contribution >= 0.6 is 0 Å². The number of rotatable bonds is 1. The Labute approximate surface area is 101 Å². The van der Waals surface area contributed by atoms with Crippen molar-refractivity contribution in [2.24, 2.45) is 5.92 Å². The van der Waals surface area contributed by atoms with Gasteiger partial charge in [-0.05, 0) is 43.4 Å². The molecule has 0 aliphatic heterocycles. The molecule has 0 aromatic heterocycles. The molecule has 1 aromatic rings. The number of esters is 1. The molecule has 1 atom stereocenters. The van der Waals surface area contributed by atoms with Gasteiger partial charge in [0.25, 0.3) is 0 Å². The van der Waals surface area contributed by atoms with Gasteiger partial charge in [0.2, 0.25) is 0 Å². The Kier molecular flexibility index (Phi) is 3.01. The maximum absolute atomic E-state index is 12.3. The van der Waals surface area contributed by atoms with Gasteiger partial charge >= 0.3 is 5.97 Å². The second-order valence-corrected chi connectivity index (χ2v) is 4.53. The smallest absolute Gasteiger partial charge is 0.316 e. The Morgan fingerprint density at radius 1 is 1.29 bits per heavy atom. The van der Waals surface area contributed by atoms with Crippen molar-refractivity contribution >= 4 is 11.8 Å². The van der Waals surface area contributed by atoms with Crippen LogP contribution in [0.3, 0.4) is 0 Å². The molecule has 2 rings (SSSR count). The topological polar surface area (TPSA) is 43.4 Å². The van der Waals surface area contributed by atoms with Gasteiger partial charge < -0.3 is 4.74 Å². The van der Waals surface area contributed by atoms with Crippen molar-refractivity contribution in [3.63, 3.8) is 0 Å². The Morgan fingerprint density at radius 3 is 2.59 bits per heavy atom. The van der Waals surface area contributed by atoms with Crippen LogP contribution in [-0.2, 0) is 16.0 Å². The Hall–Kier alpha value is -1.64. The fourth-order valence-corrected chi connectivity index (χ4v) is 2.50. The normalized spacial score (nSPS) is 18.8. The van der Waals surface area contributed by atoms with Gasteiger partial charge in [-0.15, -0.1) is 0 Å². The molecule has 1 aromatic carbocycles. The van der Waals surface area contributed by atoms with Crippen LogP contribution in [0.4, 0.5) is 0 Å². The molecule has 3 nitrogen and oxygen atoms in total. The first kappa shape index (κ1) is 11.8. The number of ether oxygens (including phenoxy) is 1. The zero-order chi connectivity index (χ0) is 12.6. The minimum absolute atomic E-state index is 0.0840. The van der Waals surface area contributed by atoms with E-state index in [9.17, 15) is 9.59 Å². The van der Waals surface area contributed by atoms with E-state index in [0.717, 1.165) is 28.7 Å². The SMILES string of the molecule is COC(=O)C1CCc2c(C)ccc(C)c2C1=O.